The highest BCUT2D eigenvalue weighted by Crippen LogP contribution is 2.35. The first-order valence-corrected chi connectivity index (χ1v) is 10.7. The number of imide groups is 1. The lowest BCUT2D eigenvalue weighted by molar-refractivity contribution is -0.136. The molecule has 1 saturated carbocycles. The number of β-amino-alcohol motifs (C(OH)–C–C–N with tert-alkyl or cyclic N) is 1. The van der Waals surface area contributed by atoms with Crippen molar-refractivity contribution in [2.45, 2.75) is 69.4 Å². The molecule has 5 rings (SSSR count). The van der Waals surface area contributed by atoms with E-state index in [0.29, 0.717) is 37.7 Å². The van der Waals surface area contributed by atoms with Crippen molar-refractivity contribution < 1.29 is 24.2 Å². The van der Waals surface area contributed by atoms with Crippen LogP contribution in [0, 0.1) is 0 Å². The lowest BCUT2D eigenvalue weighted by atomic mass is 9.93. The third kappa shape index (κ3) is 3.37. The number of piperidine rings is 1. The maximum atomic E-state index is 12.8. The molecule has 0 bridgehead atoms. The van der Waals surface area contributed by atoms with Gasteiger partial charge in [0.2, 0.25) is 11.8 Å². The first-order valence-electron chi connectivity index (χ1n) is 10.7. The van der Waals surface area contributed by atoms with Gasteiger partial charge in [0.25, 0.3) is 5.91 Å². The van der Waals surface area contributed by atoms with Crippen molar-refractivity contribution >= 4 is 17.7 Å². The van der Waals surface area contributed by atoms with Crippen LogP contribution in [0.1, 0.15) is 54.9 Å². The summed E-state index contributed by atoms with van der Waals surface area (Å²) in [7, 11) is 0. The van der Waals surface area contributed by atoms with Gasteiger partial charge in [0.05, 0.1) is 5.60 Å². The van der Waals surface area contributed by atoms with E-state index >= 15 is 0 Å². The molecule has 8 nitrogen and oxygen atoms in total. The second-order valence-electron chi connectivity index (χ2n) is 9.28. The van der Waals surface area contributed by atoms with Crippen LogP contribution >= 0.6 is 0 Å². The Kier molecular flexibility index (Phi) is 4.59. The van der Waals surface area contributed by atoms with Gasteiger partial charge in [0, 0.05) is 37.7 Å². The van der Waals surface area contributed by atoms with Crippen molar-refractivity contribution in [3.8, 4) is 5.75 Å². The molecular formula is C22H27N3O5. The minimum Gasteiger partial charge on any atom is -0.489 e. The number of carbonyl (C=O) groups excluding carboxylic acids is 3. The average Bonchev–Trinajstić information content (AvgIpc) is 3.24. The molecule has 2 saturated heterocycles. The number of nitrogens with zero attached hydrogens (tertiary/aromatic N) is 2. The Morgan fingerprint density at radius 1 is 1.17 bits per heavy atom. The molecule has 1 unspecified atom stereocenters. The van der Waals surface area contributed by atoms with Crippen molar-refractivity contribution in [2.24, 2.45) is 0 Å². The summed E-state index contributed by atoms with van der Waals surface area (Å²) < 4.78 is 6.31. The van der Waals surface area contributed by atoms with E-state index in [1.54, 1.807) is 11.0 Å². The van der Waals surface area contributed by atoms with Gasteiger partial charge in [-0.05, 0) is 56.4 Å². The lowest BCUT2D eigenvalue weighted by Gasteiger charge is -2.48. The molecule has 0 aromatic heterocycles. The SMILES string of the molecule is CC1(O)CN([C@H]2CCC[C@@H]2Oc2ccc3c(c2)CN(C2CCC(=O)NC2=O)C3=O)C1. The number of hydrogen-bond acceptors (Lipinski definition) is 6. The van der Waals surface area contributed by atoms with Gasteiger partial charge >= 0.3 is 0 Å². The van der Waals surface area contributed by atoms with Gasteiger partial charge in [-0.1, -0.05) is 0 Å². The molecule has 160 valence electrons. The molecule has 1 aromatic rings. The summed E-state index contributed by atoms with van der Waals surface area (Å²) in [6, 6.07) is 5.20. The van der Waals surface area contributed by atoms with Crippen LogP contribution in [-0.2, 0) is 16.1 Å². The summed E-state index contributed by atoms with van der Waals surface area (Å²) >= 11 is 0. The Balaban J connectivity index is 1.28. The first kappa shape index (κ1) is 19.5. The fourth-order valence-corrected chi connectivity index (χ4v) is 5.32. The van der Waals surface area contributed by atoms with Gasteiger partial charge in [0.15, 0.2) is 0 Å². The van der Waals surface area contributed by atoms with Crippen molar-refractivity contribution in [2.75, 3.05) is 13.1 Å². The standard InChI is InChI=1S/C22H27N3O5/c1-22(29)11-24(12-22)16-3-2-4-18(16)30-14-5-6-15-13(9-14)10-25(21(15)28)17-7-8-19(26)23-20(17)27/h5-6,9,16-18,29H,2-4,7-8,10-12H2,1H3,(H,23,26,27)/t16-,17?,18-/m0/s1. The van der Waals surface area contributed by atoms with Gasteiger partial charge in [0.1, 0.15) is 17.9 Å². The van der Waals surface area contributed by atoms with E-state index in [2.05, 4.69) is 10.2 Å². The highest BCUT2D eigenvalue weighted by molar-refractivity contribution is 6.05. The molecule has 3 amide bonds. The highest BCUT2D eigenvalue weighted by Gasteiger charge is 2.45. The number of benzene rings is 1. The van der Waals surface area contributed by atoms with Crippen LogP contribution in [0.5, 0.6) is 5.75 Å². The van der Waals surface area contributed by atoms with Crippen LogP contribution in [0.4, 0.5) is 0 Å². The Morgan fingerprint density at radius 3 is 2.70 bits per heavy atom. The second kappa shape index (κ2) is 7.06. The summed E-state index contributed by atoms with van der Waals surface area (Å²) in [6.45, 7) is 3.56. The topological polar surface area (TPSA) is 99.2 Å². The lowest BCUT2D eigenvalue weighted by Crippen LogP contribution is -2.64. The van der Waals surface area contributed by atoms with Crippen LogP contribution < -0.4 is 10.1 Å². The number of carbonyl (C=O) groups is 3. The van der Waals surface area contributed by atoms with Crippen molar-refractivity contribution in [1.82, 2.24) is 15.1 Å². The van der Waals surface area contributed by atoms with E-state index in [-0.39, 0.29) is 24.3 Å². The minimum absolute atomic E-state index is 0.0718. The van der Waals surface area contributed by atoms with Crippen LogP contribution in [-0.4, -0.2) is 69.5 Å². The minimum atomic E-state index is -0.606. The molecule has 2 N–H and O–H groups in total. The van der Waals surface area contributed by atoms with E-state index in [0.717, 1.165) is 30.6 Å². The summed E-state index contributed by atoms with van der Waals surface area (Å²) in [5.74, 6) is -0.127. The van der Waals surface area contributed by atoms with Crippen LogP contribution in [0.25, 0.3) is 0 Å². The normalized spacial score (nSPS) is 30.8. The van der Waals surface area contributed by atoms with Crippen LogP contribution in [0.3, 0.4) is 0 Å². The maximum Gasteiger partial charge on any atom is 0.255 e. The van der Waals surface area contributed by atoms with Crippen molar-refractivity contribution in [3.05, 3.63) is 29.3 Å². The molecule has 3 aliphatic heterocycles. The molecule has 3 heterocycles. The van der Waals surface area contributed by atoms with E-state index in [9.17, 15) is 19.5 Å². The maximum absolute atomic E-state index is 12.8. The molecule has 4 aliphatic rings. The predicted octanol–water partition coefficient (Wildman–Crippen LogP) is 0.814. The number of hydrogen-bond donors (Lipinski definition) is 2. The zero-order chi connectivity index (χ0) is 21.0. The number of rotatable bonds is 4. The first-order chi connectivity index (χ1) is 14.3. The Hall–Kier alpha value is -2.45. The van der Waals surface area contributed by atoms with E-state index in [1.807, 2.05) is 19.1 Å². The number of aliphatic hydroxyl groups is 1. The number of likely N-dealkylation sites (tertiary alicyclic amines) is 1. The molecule has 1 aromatic carbocycles. The second-order valence-corrected chi connectivity index (χ2v) is 9.28. The molecule has 1 aliphatic carbocycles. The Labute approximate surface area is 175 Å². The van der Waals surface area contributed by atoms with Crippen molar-refractivity contribution in [1.29, 1.82) is 0 Å². The van der Waals surface area contributed by atoms with E-state index < -0.39 is 17.6 Å². The molecule has 30 heavy (non-hydrogen) atoms. The fourth-order valence-electron chi connectivity index (χ4n) is 5.32. The summed E-state index contributed by atoms with van der Waals surface area (Å²) in [6.07, 6.45) is 3.81. The predicted molar refractivity (Wildman–Crippen MR) is 107 cm³/mol. The van der Waals surface area contributed by atoms with Crippen LogP contribution in [0.15, 0.2) is 18.2 Å². The summed E-state index contributed by atoms with van der Waals surface area (Å²) in [4.78, 5) is 40.3. The van der Waals surface area contributed by atoms with Crippen molar-refractivity contribution in [3.63, 3.8) is 0 Å². The monoisotopic (exact) mass is 413 g/mol. The molecular weight excluding hydrogens is 386 g/mol. The van der Waals surface area contributed by atoms with Gasteiger partial charge < -0.3 is 14.7 Å². The third-order valence-electron chi connectivity index (χ3n) is 6.76. The number of ether oxygens (including phenoxy) is 1. The Morgan fingerprint density at radius 2 is 1.97 bits per heavy atom. The third-order valence-corrected chi connectivity index (χ3v) is 6.76. The summed E-state index contributed by atoms with van der Waals surface area (Å²) in [5, 5.41) is 12.4. The zero-order valence-electron chi connectivity index (χ0n) is 17.1. The van der Waals surface area contributed by atoms with Crippen LogP contribution in [0.2, 0.25) is 0 Å². The van der Waals surface area contributed by atoms with Gasteiger partial charge in [-0.25, -0.2) is 0 Å². The Bertz CT molecular complexity index is 906. The van der Waals surface area contributed by atoms with E-state index in [4.69, 9.17) is 4.74 Å². The number of amides is 3. The van der Waals surface area contributed by atoms with Gasteiger partial charge in [-0.15, -0.1) is 0 Å². The number of nitrogens with one attached hydrogen (secondary N) is 1. The van der Waals surface area contributed by atoms with E-state index in [1.165, 1.54) is 0 Å². The molecule has 0 radical (unpaired) electrons. The fraction of sp³-hybridized carbons (Fsp3) is 0.591. The van der Waals surface area contributed by atoms with Gasteiger partial charge in [-0.3, -0.25) is 24.6 Å². The highest BCUT2D eigenvalue weighted by atomic mass is 16.5. The zero-order valence-corrected chi connectivity index (χ0v) is 17.1. The molecule has 8 heteroatoms. The number of fused-ring (bicyclic) bond motifs is 1. The molecule has 0 spiro atoms. The molecule has 3 fully saturated rings. The average molecular weight is 413 g/mol. The van der Waals surface area contributed by atoms with Gasteiger partial charge in [-0.2, -0.15) is 0 Å². The largest absolute Gasteiger partial charge is 0.489 e. The smallest absolute Gasteiger partial charge is 0.255 e. The molecule has 3 atom stereocenters. The quantitative estimate of drug-likeness (QED) is 0.709. The summed E-state index contributed by atoms with van der Waals surface area (Å²) in [5.41, 5.74) is 0.845.